The molecule has 0 aliphatic heterocycles. The zero-order chi connectivity index (χ0) is 13.3. The number of amides is 1. The number of aromatic nitrogens is 3. The summed E-state index contributed by atoms with van der Waals surface area (Å²) in [6, 6.07) is -0.272. The van der Waals surface area contributed by atoms with E-state index in [1.807, 2.05) is 30.2 Å². The molecule has 1 fully saturated rings. The van der Waals surface area contributed by atoms with Crippen molar-refractivity contribution in [1.82, 2.24) is 19.7 Å². The van der Waals surface area contributed by atoms with Gasteiger partial charge in [-0.2, -0.15) is 5.10 Å². The second-order valence-corrected chi connectivity index (χ2v) is 5.10. The van der Waals surface area contributed by atoms with Gasteiger partial charge in [0.25, 0.3) is 0 Å². The largest absolute Gasteiger partial charge is 0.341 e. The van der Waals surface area contributed by atoms with E-state index < -0.39 is 0 Å². The van der Waals surface area contributed by atoms with Crippen molar-refractivity contribution in [2.24, 2.45) is 0 Å². The van der Waals surface area contributed by atoms with E-state index in [4.69, 9.17) is 12.2 Å². The Balaban J connectivity index is 2.27. The highest BCUT2D eigenvalue weighted by atomic mass is 32.1. The third kappa shape index (κ3) is 2.34. The molecule has 18 heavy (non-hydrogen) atoms. The predicted molar refractivity (Wildman–Crippen MR) is 72.0 cm³/mol. The van der Waals surface area contributed by atoms with Crippen molar-refractivity contribution in [1.29, 1.82) is 0 Å². The molecular formula is C12H20N4OS. The molecule has 1 amide bonds. The number of carbonyl (C=O) groups is 1. The van der Waals surface area contributed by atoms with Crippen LogP contribution in [-0.2, 0) is 4.79 Å². The summed E-state index contributed by atoms with van der Waals surface area (Å²) < 4.78 is 2.43. The molecule has 5 nitrogen and oxygen atoms in total. The van der Waals surface area contributed by atoms with Crippen LogP contribution in [0.5, 0.6) is 0 Å². The van der Waals surface area contributed by atoms with Crippen LogP contribution in [0, 0.1) is 4.77 Å². The molecular weight excluding hydrogens is 248 g/mol. The molecule has 1 unspecified atom stereocenters. The Morgan fingerprint density at radius 1 is 1.56 bits per heavy atom. The van der Waals surface area contributed by atoms with Crippen LogP contribution >= 0.6 is 12.2 Å². The fourth-order valence-corrected chi connectivity index (χ4v) is 2.53. The molecule has 100 valence electrons. The van der Waals surface area contributed by atoms with Crippen LogP contribution in [-0.4, -0.2) is 38.7 Å². The van der Waals surface area contributed by atoms with Gasteiger partial charge in [-0.1, -0.05) is 0 Å². The second-order valence-electron chi connectivity index (χ2n) is 4.72. The summed E-state index contributed by atoms with van der Waals surface area (Å²) in [5.41, 5.74) is 0. The summed E-state index contributed by atoms with van der Waals surface area (Å²) in [5, 5.41) is 7.08. The SMILES string of the molecule is CCN(CC)C(=O)C(C)n1c(C2CC2)n[nH]c1=S. The maximum absolute atomic E-state index is 12.4. The molecule has 1 aromatic rings. The first-order valence-electron chi connectivity index (χ1n) is 6.55. The smallest absolute Gasteiger partial charge is 0.245 e. The standard InChI is InChI=1S/C12H20N4OS/c1-4-15(5-2)11(17)8(3)16-10(9-6-7-9)13-14-12(16)18/h8-9H,4-7H2,1-3H3,(H,14,18). The van der Waals surface area contributed by atoms with Gasteiger partial charge in [-0.3, -0.25) is 14.5 Å². The van der Waals surface area contributed by atoms with Crippen molar-refractivity contribution in [2.45, 2.75) is 45.6 Å². The van der Waals surface area contributed by atoms with Crippen molar-refractivity contribution in [3.63, 3.8) is 0 Å². The van der Waals surface area contributed by atoms with E-state index in [2.05, 4.69) is 10.2 Å². The van der Waals surface area contributed by atoms with Crippen LogP contribution in [0.4, 0.5) is 0 Å². The van der Waals surface area contributed by atoms with Gasteiger partial charge in [-0.05, 0) is 45.8 Å². The first kappa shape index (κ1) is 13.3. The maximum atomic E-state index is 12.4. The minimum absolute atomic E-state index is 0.111. The van der Waals surface area contributed by atoms with Crippen LogP contribution in [0.1, 0.15) is 51.4 Å². The third-order valence-corrected chi connectivity index (χ3v) is 3.78. The number of nitrogens with one attached hydrogen (secondary N) is 1. The molecule has 0 saturated heterocycles. The second kappa shape index (κ2) is 5.22. The Hall–Kier alpha value is -1.17. The minimum atomic E-state index is -0.272. The van der Waals surface area contributed by atoms with E-state index in [0.717, 1.165) is 31.8 Å². The van der Waals surface area contributed by atoms with Gasteiger partial charge in [0.2, 0.25) is 5.91 Å². The average molecular weight is 268 g/mol. The lowest BCUT2D eigenvalue weighted by Gasteiger charge is -2.24. The van der Waals surface area contributed by atoms with Crippen LogP contribution in [0.2, 0.25) is 0 Å². The Kier molecular flexibility index (Phi) is 3.85. The molecule has 0 spiro atoms. The average Bonchev–Trinajstić information content (AvgIpc) is 3.13. The Morgan fingerprint density at radius 2 is 2.17 bits per heavy atom. The van der Waals surface area contributed by atoms with E-state index >= 15 is 0 Å². The van der Waals surface area contributed by atoms with Gasteiger partial charge in [-0.25, -0.2) is 0 Å². The van der Waals surface area contributed by atoms with Gasteiger partial charge in [0.1, 0.15) is 11.9 Å². The highest BCUT2D eigenvalue weighted by Gasteiger charge is 2.32. The van der Waals surface area contributed by atoms with Gasteiger partial charge in [0.05, 0.1) is 0 Å². The van der Waals surface area contributed by atoms with Crippen LogP contribution in [0.3, 0.4) is 0 Å². The van der Waals surface area contributed by atoms with E-state index in [1.165, 1.54) is 0 Å². The predicted octanol–water partition coefficient (Wildman–Crippen LogP) is 2.25. The molecule has 1 N–H and O–H groups in total. The number of hydrogen-bond donors (Lipinski definition) is 1. The van der Waals surface area contributed by atoms with Crippen molar-refractivity contribution in [2.75, 3.05) is 13.1 Å². The topological polar surface area (TPSA) is 53.9 Å². The van der Waals surface area contributed by atoms with E-state index in [1.54, 1.807) is 0 Å². The molecule has 0 aromatic carbocycles. The summed E-state index contributed by atoms with van der Waals surface area (Å²) in [5.74, 6) is 1.53. The summed E-state index contributed by atoms with van der Waals surface area (Å²) in [4.78, 5) is 14.2. The lowest BCUT2D eigenvalue weighted by atomic mass is 10.2. The zero-order valence-electron chi connectivity index (χ0n) is 11.1. The Labute approximate surface area is 112 Å². The third-order valence-electron chi connectivity index (χ3n) is 3.49. The van der Waals surface area contributed by atoms with Gasteiger partial charge in [0, 0.05) is 19.0 Å². The highest BCUT2D eigenvalue weighted by molar-refractivity contribution is 7.71. The van der Waals surface area contributed by atoms with Crippen LogP contribution in [0.25, 0.3) is 0 Å². The van der Waals surface area contributed by atoms with Gasteiger partial charge in [-0.15, -0.1) is 0 Å². The Bertz CT molecular complexity index is 485. The number of hydrogen-bond acceptors (Lipinski definition) is 3. The zero-order valence-corrected chi connectivity index (χ0v) is 12.0. The first-order chi connectivity index (χ1) is 8.60. The summed E-state index contributed by atoms with van der Waals surface area (Å²) in [7, 11) is 0. The molecule has 6 heteroatoms. The molecule has 0 radical (unpaired) electrons. The molecule has 2 rings (SSSR count). The van der Waals surface area contributed by atoms with Gasteiger partial charge in [0.15, 0.2) is 4.77 Å². The monoisotopic (exact) mass is 268 g/mol. The van der Waals surface area contributed by atoms with Gasteiger partial charge >= 0.3 is 0 Å². The molecule has 1 atom stereocenters. The maximum Gasteiger partial charge on any atom is 0.245 e. The molecule has 1 aromatic heterocycles. The minimum Gasteiger partial charge on any atom is -0.341 e. The van der Waals surface area contributed by atoms with E-state index in [0.29, 0.717) is 10.7 Å². The number of carbonyl (C=O) groups excluding carboxylic acids is 1. The fraction of sp³-hybridized carbons (Fsp3) is 0.750. The van der Waals surface area contributed by atoms with Crippen molar-refractivity contribution >= 4 is 18.1 Å². The van der Waals surface area contributed by atoms with E-state index in [-0.39, 0.29) is 11.9 Å². The molecule has 1 saturated carbocycles. The summed E-state index contributed by atoms with van der Waals surface area (Å²) >= 11 is 5.25. The quantitative estimate of drug-likeness (QED) is 0.833. The van der Waals surface area contributed by atoms with Crippen molar-refractivity contribution in [3.8, 4) is 0 Å². The number of H-pyrrole nitrogens is 1. The molecule has 0 bridgehead atoms. The van der Waals surface area contributed by atoms with Gasteiger partial charge < -0.3 is 4.90 Å². The Morgan fingerprint density at radius 3 is 2.67 bits per heavy atom. The summed E-state index contributed by atoms with van der Waals surface area (Å²) in [6.07, 6.45) is 2.29. The van der Waals surface area contributed by atoms with E-state index in [9.17, 15) is 4.79 Å². The van der Waals surface area contributed by atoms with Crippen molar-refractivity contribution in [3.05, 3.63) is 10.6 Å². The van der Waals surface area contributed by atoms with Crippen LogP contribution < -0.4 is 0 Å². The lowest BCUT2D eigenvalue weighted by Crippen LogP contribution is -2.36. The van der Waals surface area contributed by atoms with Crippen LogP contribution in [0.15, 0.2) is 0 Å². The number of nitrogens with zero attached hydrogens (tertiary/aromatic N) is 3. The highest BCUT2D eigenvalue weighted by Crippen LogP contribution is 2.39. The fourth-order valence-electron chi connectivity index (χ4n) is 2.23. The number of likely N-dealkylation sites (N-methyl/N-ethyl adjacent to an activating group) is 1. The molecule has 1 aliphatic rings. The van der Waals surface area contributed by atoms with Crippen molar-refractivity contribution < 1.29 is 4.79 Å². The summed E-state index contributed by atoms with van der Waals surface area (Å²) in [6.45, 7) is 7.33. The lowest BCUT2D eigenvalue weighted by molar-refractivity contribution is -0.134. The number of aromatic amines is 1. The molecule has 1 heterocycles. The normalized spacial score (nSPS) is 16.6. The first-order valence-corrected chi connectivity index (χ1v) is 6.96. The molecule has 1 aliphatic carbocycles. The number of rotatable bonds is 5.